The number of nitrogens with zero attached hydrogens (tertiary/aromatic N) is 3. The number of para-hydroxylation sites is 1. The SMILES string of the molecule is CN1CCC(Oc2cc(C#N)c3ccccc3n2)C1. The van der Waals surface area contributed by atoms with Gasteiger partial charge < -0.3 is 9.64 Å². The minimum absolute atomic E-state index is 0.171. The van der Waals surface area contributed by atoms with Gasteiger partial charge in [-0.1, -0.05) is 18.2 Å². The molecule has 1 aromatic heterocycles. The molecule has 4 heteroatoms. The van der Waals surface area contributed by atoms with Crippen LogP contribution in [0.5, 0.6) is 5.88 Å². The van der Waals surface area contributed by atoms with Gasteiger partial charge >= 0.3 is 0 Å². The molecule has 96 valence electrons. The highest BCUT2D eigenvalue weighted by Crippen LogP contribution is 2.23. The van der Waals surface area contributed by atoms with E-state index in [0.29, 0.717) is 11.4 Å². The number of aromatic nitrogens is 1. The van der Waals surface area contributed by atoms with Gasteiger partial charge in [0.15, 0.2) is 0 Å². The van der Waals surface area contributed by atoms with Gasteiger partial charge in [0.25, 0.3) is 0 Å². The number of fused-ring (bicyclic) bond motifs is 1. The Bertz CT molecular complexity index is 647. The summed E-state index contributed by atoms with van der Waals surface area (Å²) < 4.78 is 5.89. The molecular formula is C15H15N3O. The molecule has 3 rings (SSSR count). The molecule has 1 aliphatic heterocycles. The van der Waals surface area contributed by atoms with Crippen LogP contribution in [0.1, 0.15) is 12.0 Å². The number of ether oxygens (including phenoxy) is 1. The Kier molecular flexibility index (Phi) is 3.06. The van der Waals surface area contributed by atoms with Crippen molar-refractivity contribution in [1.29, 1.82) is 5.26 Å². The average molecular weight is 253 g/mol. The number of likely N-dealkylation sites (N-methyl/N-ethyl adjacent to an activating group) is 1. The van der Waals surface area contributed by atoms with Crippen LogP contribution < -0.4 is 4.74 Å². The van der Waals surface area contributed by atoms with Gasteiger partial charge in [0.05, 0.1) is 11.1 Å². The fourth-order valence-corrected chi connectivity index (χ4v) is 2.47. The number of benzene rings is 1. The fourth-order valence-electron chi connectivity index (χ4n) is 2.47. The second kappa shape index (κ2) is 4.87. The van der Waals surface area contributed by atoms with Crippen LogP contribution in [-0.2, 0) is 0 Å². The molecule has 1 unspecified atom stereocenters. The van der Waals surface area contributed by atoms with Crippen molar-refractivity contribution in [3.8, 4) is 11.9 Å². The minimum Gasteiger partial charge on any atom is -0.473 e. The highest BCUT2D eigenvalue weighted by atomic mass is 16.5. The molecule has 0 amide bonds. The van der Waals surface area contributed by atoms with Crippen molar-refractivity contribution in [2.75, 3.05) is 20.1 Å². The molecule has 4 nitrogen and oxygen atoms in total. The van der Waals surface area contributed by atoms with E-state index in [-0.39, 0.29) is 6.10 Å². The Morgan fingerprint density at radius 2 is 2.26 bits per heavy atom. The van der Waals surface area contributed by atoms with Gasteiger partial charge in [0, 0.05) is 24.5 Å². The molecule has 0 saturated carbocycles. The first-order chi connectivity index (χ1) is 9.26. The van der Waals surface area contributed by atoms with Crippen molar-refractivity contribution in [3.05, 3.63) is 35.9 Å². The minimum atomic E-state index is 0.171. The second-order valence-electron chi connectivity index (χ2n) is 4.93. The number of likely N-dealkylation sites (tertiary alicyclic amines) is 1. The van der Waals surface area contributed by atoms with Gasteiger partial charge in [-0.2, -0.15) is 5.26 Å². The van der Waals surface area contributed by atoms with Crippen LogP contribution in [0.15, 0.2) is 30.3 Å². The number of hydrogen-bond acceptors (Lipinski definition) is 4. The Morgan fingerprint density at radius 1 is 1.42 bits per heavy atom. The summed E-state index contributed by atoms with van der Waals surface area (Å²) in [4.78, 5) is 6.71. The fraction of sp³-hybridized carbons (Fsp3) is 0.333. The van der Waals surface area contributed by atoms with Gasteiger partial charge in [-0.3, -0.25) is 0 Å². The number of hydrogen-bond donors (Lipinski definition) is 0. The lowest BCUT2D eigenvalue weighted by Crippen LogP contribution is -2.21. The van der Waals surface area contributed by atoms with Crippen molar-refractivity contribution in [3.63, 3.8) is 0 Å². The van der Waals surface area contributed by atoms with Crippen molar-refractivity contribution in [2.45, 2.75) is 12.5 Å². The highest BCUT2D eigenvalue weighted by Gasteiger charge is 2.21. The molecule has 1 aliphatic rings. The van der Waals surface area contributed by atoms with E-state index in [9.17, 15) is 5.26 Å². The topological polar surface area (TPSA) is 49.1 Å². The van der Waals surface area contributed by atoms with Crippen LogP contribution in [0.3, 0.4) is 0 Å². The molecule has 0 radical (unpaired) electrons. The van der Waals surface area contributed by atoms with E-state index in [2.05, 4.69) is 23.0 Å². The summed E-state index contributed by atoms with van der Waals surface area (Å²) in [6, 6.07) is 11.6. The zero-order chi connectivity index (χ0) is 13.2. The summed E-state index contributed by atoms with van der Waals surface area (Å²) in [5.41, 5.74) is 1.43. The van der Waals surface area contributed by atoms with Crippen LogP contribution in [-0.4, -0.2) is 36.1 Å². The van der Waals surface area contributed by atoms with Crippen LogP contribution in [0, 0.1) is 11.3 Å². The molecule has 2 heterocycles. The molecule has 0 bridgehead atoms. The van der Waals surface area contributed by atoms with Crippen LogP contribution in [0.25, 0.3) is 10.9 Å². The molecule has 1 fully saturated rings. The molecule has 0 aliphatic carbocycles. The summed E-state index contributed by atoms with van der Waals surface area (Å²) in [6.07, 6.45) is 1.18. The van der Waals surface area contributed by atoms with E-state index in [1.807, 2.05) is 24.3 Å². The number of rotatable bonds is 2. The van der Waals surface area contributed by atoms with E-state index in [4.69, 9.17) is 4.74 Å². The van der Waals surface area contributed by atoms with Crippen molar-refractivity contribution < 1.29 is 4.74 Å². The third-order valence-electron chi connectivity index (χ3n) is 3.45. The lowest BCUT2D eigenvalue weighted by Gasteiger charge is -2.13. The molecule has 0 N–H and O–H groups in total. The van der Waals surface area contributed by atoms with E-state index in [0.717, 1.165) is 30.4 Å². The van der Waals surface area contributed by atoms with Gasteiger partial charge in [-0.25, -0.2) is 4.98 Å². The van der Waals surface area contributed by atoms with E-state index in [1.165, 1.54) is 0 Å². The Balaban J connectivity index is 1.94. The first-order valence-corrected chi connectivity index (χ1v) is 6.41. The maximum absolute atomic E-state index is 9.22. The quantitative estimate of drug-likeness (QED) is 0.823. The lowest BCUT2D eigenvalue weighted by molar-refractivity contribution is 0.201. The summed E-state index contributed by atoms with van der Waals surface area (Å²) >= 11 is 0. The predicted molar refractivity (Wildman–Crippen MR) is 73.0 cm³/mol. The Hall–Kier alpha value is -2.12. The standard InChI is InChI=1S/C15H15N3O/c1-18-7-6-12(10-18)19-15-8-11(9-16)13-4-2-3-5-14(13)17-15/h2-5,8,12H,6-7,10H2,1H3. The third-order valence-corrected chi connectivity index (χ3v) is 3.45. The van der Waals surface area contributed by atoms with Gasteiger partial charge in [-0.15, -0.1) is 0 Å². The molecule has 1 aromatic carbocycles. The normalized spacial score (nSPS) is 19.5. The molecule has 19 heavy (non-hydrogen) atoms. The molecule has 1 atom stereocenters. The van der Waals surface area contributed by atoms with Crippen LogP contribution in [0.2, 0.25) is 0 Å². The van der Waals surface area contributed by atoms with Crippen molar-refractivity contribution in [2.24, 2.45) is 0 Å². The third kappa shape index (κ3) is 2.38. The molecular weight excluding hydrogens is 238 g/mol. The largest absolute Gasteiger partial charge is 0.473 e. The van der Waals surface area contributed by atoms with E-state index >= 15 is 0 Å². The second-order valence-corrected chi connectivity index (χ2v) is 4.93. The maximum Gasteiger partial charge on any atom is 0.215 e. The Labute approximate surface area is 112 Å². The zero-order valence-corrected chi connectivity index (χ0v) is 10.8. The summed E-state index contributed by atoms with van der Waals surface area (Å²) in [5, 5.41) is 10.1. The smallest absolute Gasteiger partial charge is 0.215 e. The van der Waals surface area contributed by atoms with E-state index in [1.54, 1.807) is 6.07 Å². The van der Waals surface area contributed by atoms with E-state index < -0.39 is 0 Å². The number of pyridine rings is 1. The van der Waals surface area contributed by atoms with Crippen molar-refractivity contribution >= 4 is 10.9 Å². The van der Waals surface area contributed by atoms with Crippen molar-refractivity contribution in [1.82, 2.24) is 9.88 Å². The molecule has 1 saturated heterocycles. The van der Waals surface area contributed by atoms with Gasteiger partial charge in [-0.05, 0) is 19.5 Å². The summed E-state index contributed by atoms with van der Waals surface area (Å²) in [7, 11) is 2.08. The lowest BCUT2D eigenvalue weighted by atomic mass is 10.1. The molecule has 2 aromatic rings. The van der Waals surface area contributed by atoms with Gasteiger partial charge in [0.1, 0.15) is 12.2 Å². The zero-order valence-electron chi connectivity index (χ0n) is 10.8. The summed E-state index contributed by atoms with van der Waals surface area (Å²) in [5.74, 6) is 0.551. The highest BCUT2D eigenvalue weighted by molar-refractivity contribution is 5.85. The monoisotopic (exact) mass is 253 g/mol. The Morgan fingerprint density at radius 3 is 3.00 bits per heavy atom. The van der Waals surface area contributed by atoms with Crippen LogP contribution in [0.4, 0.5) is 0 Å². The van der Waals surface area contributed by atoms with Crippen LogP contribution >= 0.6 is 0 Å². The number of nitriles is 1. The van der Waals surface area contributed by atoms with Gasteiger partial charge in [0.2, 0.25) is 5.88 Å². The maximum atomic E-state index is 9.22. The molecule has 0 spiro atoms. The first kappa shape index (κ1) is 11.9. The first-order valence-electron chi connectivity index (χ1n) is 6.41. The summed E-state index contributed by atoms with van der Waals surface area (Å²) in [6.45, 7) is 1.96. The predicted octanol–water partition coefficient (Wildman–Crippen LogP) is 2.19. The average Bonchev–Trinajstić information content (AvgIpc) is 2.83.